The molecule has 0 spiro atoms. The summed E-state index contributed by atoms with van der Waals surface area (Å²) in [6.07, 6.45) is 6.93. The average Bonchev–Trinajstić information content (AvgIpc) is 2.05. The molecule has 0 saturated carbocycles. The molecule has 0 nitrogen and oxygen atoms in total. The van der Waals surface area contributed by atoms with E-state index in [1.165, 1.54) is 31.3 Å². The summed E-state index contributed by atoms with van der Waals surface area (Å²) in [5.41, 5.74) is 2.34. The normalized spacial score (nSPS) is 8.23. The Morgan fingerprint density at radius 1 is 1.15 bits per heavy atom. The van der Waals surface area contributed by atoms with E-state index in [2.05, 4.69) is 33.6 Å². The predicted molar refractivity (Wildman–Crippen MR) is 64.0 cm³/mol. The van der Waals surface area contributed by atoms with E-state index in [0.29, 0.717) is 0 Å². The first-order chi connectivity index (χ1) is 6.04. The largest absolute Gasteiger partial charge is 0.100 e. The van der Waals surface area contributed by atoms with E-state index in [1.54, 1.807) is 6.08 Å². The van der Waals surface area contributed by atoms with E-state index in [1.807, 2.05) is 6.92 Å². The van der Waals surface area contributed by atoms with Gasteiger partial charge in [0.25, 0.3) is 0 Å². The molecule has 76 valence electrons. The monoisotopic (exact) mass is 180 g/mol. The van der Waals surface area contributed by atoms with Gasteiger partial charge in [0, 0.05) is 0 Å². The molecule has 0 aliphatic rings. The van der Waals surface area contributed by atoms with Crippen LogP contribution in [-0.4, -0.2) is 0 Å². The smallest absolute Gasteiger partial charge is 0.0326 e. The molecular weight excluding hydrogens is 156 g/mol. The van der Waals surface area contributed by atoms with E-state index in [-0.39, 0.29) is 0 Å². The molecular formula is C13H24. The minimum atomic E-state index is 1.02. The summed E-state index contributed by atoms with van der Waals surface area (Å²) in [4.78, 5) is 0. The molecule has 0 heteroatoms. The summed E-state index contributed by atoms with van der Waals surface area (Å²) >= 11 is 0. The van der Waals surface area contributed by atoms with Crippen molar-refractivity contribution in [3.05, 3.63) is 37.0 Å². The zero-order valence-electron chi connectivity index (χ0n) is 9.53. The summed E-state index contributed by atoms with van der Waals surface area (Å²) in [6, 6.07) is 0. The second-order valence-corrected chi connectivity index (χ2v) is 3.46. The zero-order valence-corrected chi connectivity index (χ0v) is 9.53. The van der Waals surface area contributed by atoms with Crippen molar-refractivity contribution in [3.8, 4) is 0 Å². The van der Waals surface area contributed by atoms with Crippen molar-refractivity contribution < 1.29 is 0 Å². The molecule has 0 fully saturated rings. The lowest BCUT2D eigenvalue weighted by molar-refractivity contribution is 0.714. The van der Waals surface area contributed by atoms with Crippen molar-refractivity contribution in [2.45, 2.75) is 46.5 Å². The van der Waals surface area contributed by atoms with Crippen LogP contribution in [0.3, 0.4) is 0 Å². The highest BCUT2D eigenvalue weighted by molar-refractivity contribution is 5.05. The maximum Gasteiger partial charge on any atom is -0.0326 e. The van der Waals surface area contributed by atoms with Crippen LogP contribution in [0.2, 0.25) is 0 Å². The number of unbranched alkanes of at least 4 members (excludes halogenated alkanes) is 2. The third-order valence-electron chi connectivity index (χ3n) is 1.56. The molecule has 0 heterocycles. The molecule has 0 N–H and O–H groups in total. The quantitative estimate of drug-likeness (QED) is 0.321. The van der Waals surface area contributed by atoms with Crippen molar-refractivity contribution >= 4 is 0 Å². The fourth-order valence-corrected chi connectivity index (χ4v) is 0.677. The SMILES string of the molecule is C=C(C)CCCCC.C=CC(=C)C. The molecule has 0 aromatic heterocycles. The van der Waals surface area contributed by atoms with Gasteiger partial charge in [-0.05, 0) is 26.7 Å². The first kappa shape index (κ1) is 14.7. The molecule has 0 aromatic carbocycles. The second-order valence-electron chi connectivity index (χ2n) is 3.46. The van der Waals surface area contributed by atoms with Gasteiger partial charge in [-0.1, -0.05) is 50.1 Å². The molecule has 0 aliphatic heterocycles. The van der Waals surface area contributed by atoms with Crippen LogP contribution < -0.4 is 0 Å². The van der Waals surface area contributed by atoms with E-state index in [4.69, 9.17) is 0 Å². The number of rotatable bonds is 5. The highest BCUT2D eigenvalue weighted by atomic mass is 13.9. The first-order valence-electron chi connectivity index (χ1n) is 4.96. The highest BCUT2D eigenvalue weighted by Crippen LogP contribution is 2.04. The zero-order chi connectivity index (χ0) is 10.7. The average molecular weight is 180 g/mol. The lowest BCUT2D eigenvalue weighted by Gasteiger charge is -1.94. The molecule has 0 unspecified atom stereocenters. The van der Waals surface area contributed by atoms with Crippen LogP contribution >= 0.6 is 0 Å². The van der Waals surface area contributed by atoms with Gasteiger partial charge in [-0.15, -0.1) is 6.58 Å². The van der Waals surface area contributed by atoms with Crippen LogP contribution in [0.5, 0.6) is 0 Å². The maximum absolute atomic E-state index is 3.83. The minimum absolute atomic E-state index is 1.02. The molecule has 13 heavy (non-hydrogen) atoms. The van der Waals surface area contributed by atoms with Crippen LogP contribution in [0.1, 0.15) is 46.5 Å². The molecule has 0 radical (unpaired) electrons. The van der Waals surface area contributed by atoms with Crippen LogP contribution in [0.15, 0.2) is 37.0 Å². The Balaban J connectivity index is 0. The standard InChI is InChI=1S/C8H16.C5H8/c1-4-5-6-7-8(2)3;1-4-5(2)3/h2,4-7H2,1,3H3;4H,1-2H2,3H3. The predicted octanol–water partition coefficient (Wildman–Crippen LogP) is 4.89. The molecule has 0 atom stereocenters. The summed E-state index contributed by atoms with van der Waals surface area (Å²) in [5, 5.41) is 0. The van der Waals surface area contributed by atoms with Crippen molar-refractivity contribution in [3.63, 3.8) is 0 Å². The lowest BCUT2D eigenvalue weighted by Crippen LogP contribution is -1.74. The first-order valence-corrected chi connectivity index (χ1v) is 4.96. The molecule has 0 aromatic rings. The van der Waals surface area contributed by atoms with Gasteiger partial charge in [0.15, 0.2) is 0 Å². The third-order valence-corrected chi connectivity index (χ3v) is 1.56. The van der Waals surface area contributed by atoms with Gasteiger partial charge in [0.2, 0.25) is 0 Å². The molecule has 0 rings (SSSR count). The number of hydrogen-bond acceptors (Lipinski definition) is 0. The topological polar surface area (TPSA) is 0 Å². The molecule has 0 saturated heterocycles. The Bertz CT molecular complexity index is 151. The highest BCUT2D eigenvalue weighted by Gasteiger charge is 1.84. The van der Waals surface area contributed by atoms with Gasteiger partial charge in [0.1, 0.15) is 0 Å². The number of hydrogen-bond donors (Lipinski definition) is 0. The van der Waals surface area contributed by atoms with Crippen molar-refractivity contribution in [2.75, 3.05) is 0 Å². The maximum atomic E-state index is 3.83. The van der Waals surface area contributed by atoms with Gasteiger partial charge in [-0.3, -0.25) is 0 Å². The van der Waals surface area contributed by atoms with Crippen LogP contribution in [-0.2, 0) is 0 Å². The van der Waals surface area contributed by atoms with Gasteiger partial charge in [0.05, 0.1) is 0 Å². The fourth-order valence-electron chi connectivity index (χ4n) is 0.677. The molecule has 0 amide bonds. The fraction of sp³-hybridized carbons (Fsp3) is 0.538. The third kappa shape index (κ3) is 24.7. The van der Waals surface area contributed by atoms with Gasteiger partial charge >= 0.3 is 0 Å². The Morgan fingerprint density at radius 3 is 1.85 bits per heavy atom. The van der Waals surface area contributed by atoms with E-state index in [9.17, 15) is 0 Å². The van der Waals surface area contributed by atoms with Crippen molar-refractivity contribution in [1.29, 1.82) is 0 Å². The van der Waals surface area contributed by atoms with Crippen molar-refractivity contribution in [1.82, 2.24) is 0 Å². The van der Waals surface area contributed by atoms with Crippen LogP contribution in [0.4, 0.5) is 0 Å². The van der Waals surface area contributed by atoms with E-state index < -0.39 is 0 Å². The Morgan fingerprint density at radius 2 is 1.62 bits per heavy atom. The van der Waals surface area contributed by atoms with Gasteiger partial charge in [-0.25, -0.2) is 0 Å². The summed E-state index contributed by atoms with van der Waals surface area (Å²) < 4.78 is 0. The summed E-state index contributed by atoms with van der Waals surface area (Å²) in [6.45, 7) is 17.1. The Labute approximate surface area is 84.1 Å². The van der Waals surface area contributed by atoms with Crippen LogP contribution in [0, 0.1) is 0 Å². The molecule has 0 aliphatic carbocycles. The van der Waals surface area contributed by atoms with E-state index in [0.717, 1.165) is 5.57 Å². The van der Waals surface area contributed by atoms with E-state index >= 15 is 0 Å². The number of allylic oxidation sites excluding steroid dienone is 3. The van der Waals surface area contributed by atoms with Crippen molar-refractivity contribution in [2.24, 2.45) is 0 Å². The summed E-state index contributed by atoms with van der Waals surface area (Å²) in [7, 11) is 0. The van der Waals surface area contributed by atoms with Gasteiger partial charge < -0.3 is 0 Å². The molecule has 0 bridgehead atoms. The van der Waals surface area contributed by atoms with Crippen LogP contribution in [0.25, 0.3) is 0 Å². The minimum Gasteiger partial charge on any atom is -0.100 e. The Kier molecular flexibility index (Phi) is 12.7. The second kappa shape index (κ2) is 11.2. The summed E-state index contributed by atoms with van der Waals surface area (Å²) in [5.74, 6) is 0. The lowest BCUT2D eigenvalue weighted by atomic mass is 10.1. The van der Waals surface area contributed by atoms with Gasteiger partial charge in [-0.2, -0.15) is 0 Å². The Hall–Kier alpha value is -0.780.